The average molecular weight is 275 g/mol. The second-order valence-corrected chi connectivity index (χ2v) is 6.48. The maximum absolute atomic E-state index is 6.20. The van der Waals surface area contributed by atoms with Crippen LogP contribution >= 0.6 is 0 Å². The molecule has 2 rings (SSSR count). The van der Waals surface area contributed by atoms with Crippen molar-refractivity contribution in [2.24, 2.45) is 5.92 Å². The van der Waals surface area contributed by atoms with E-state index >= 15 is 0 Å². The van der Waals surface area contributed by atoms with Crippen molar-refractivity contribution < 1.29 is 4.74 Å². The van der Waals surface area contributed by atoms with Gasteiger partial charge in [-0.2, -0.15) is 0 Å². The average Bonchev–Trinajstić information content (AvgIpc) is 2.44. The summed E-state index contributed by atoms with van der Waals surface area (Å²) in [5.74, 6) is 1.36. The molecule has 20 heavy (non-hydrogen) atoms. The van der Waals surface area contributed by atoms with Crippen LogP contribution in [-0.4, -0.2) is 19.8 Å². The number of benzene rings is 1. The predicted molar refractivity (Wildman–Crippen MR) is 85.1 cm³/mol. The van der Waals surface area contributed by atoms with Gasteiger partial charge in [0.15, 0.2) is 0 Å². The third-order valence-electron chi connectivity index (χ3n) is 4.39. The van der Waals surface area contributed by atoms with Crippen LogP contribution in [0.4, 0.5) is 0 Å². The molecule has 1 aromatic carbocycles. The molecule has 1 aromatic rings. The van der Waals surface area contributed by atoms with E-state index in [1.165, 1.54) is 24.0 Å². The molecule has 0 saturated carbocycles. The van der Waals surface area contributed by atoms with E-state index in [0.717, 1.165) is 18.9 Å². The molecule has 0 aromatic heterocycles. The van der Waals surface area contributed by atoms with E-state index in [0.29, 0.717) is 18.1 Å². The summed E-state index contributed by atoms with van der Waals surface area (Å²) in [4.78, 5) is 0. The minimum absolute atomic E-state index is 0.303. The van der Waals surface area contributed by atoms with Crippen LogP contribution in [0.5, 0.6) is 0 Å². The third-order valence-corrected chi connectivity index (χ3v) is 4.39. The zero-order valence-corrected chi connectivity index (χ0v) is 13.4. The van der Waals surface area contributed by atoms with Crippen LogP contribution in [0, 0.1) is 5.92 Å². The standard InChI is InChI=1S/C18H29NO/c1-13(2)8-7-11-20-17-12-14(3)15-9-5-6-10-16(15)18(17)19-4/h5-6,9-10,13-14,17-19H,7-8,11-12H2,1-4H3. The molecular weight excluding hydrogens is 246 g/mol. The fourth-order valence-electron chi connectivity index (χ4n) is 3.29. The van der Waals surface area contributed by atoms with Crippen molar-refractivity contribution in [1.29, 1.82) is 0 Å². The van der Waals surface area contributed by atoms with Crippen LogP contribution < -0.4 is 5.32 Å². The first-order valence-corrected chi connectivity index (χ1v) is 8.01. The summed E-state index contributed by atoms with van der Waals surface area (Å²) in [6.07, 6.45) is 3.84. The van der Waals surface area contributed by atoms with E-state index in [2.05, 4.69) is 50.4 Å². The van der Waals surface area contributed by atoms with Gasteiger partial charge in [0.1, 0.15) is 0 Å². The minimum atomic E-state index is 0.303. The molecule has 0 fully saturated rings. The smallest absolute Gasteiger partial charge is 0.0775 e. The minimum Gasteiger partial charge on any atom is -0.376 e. The lowest BCUT2D eigenvalue weighted by molar-refractivity contribution is 0.00988. The molecule has 1 aliphatic carbocycles. The van der Waals surface area contributed by atoms with Gasteiger partial charge in [0.25, 0.3) is 0 Å². The maximum atomic E-state index is 6.20. The van der Waals surface area contributed by atoms with Crippen LogP contribution in [0.3, 0.4) is 0 Å². The van der Waals surface area contributed by atoms with Crippen molar-refractivity contribution in [1.82, 2.24) is 5.32 Å². The molecule has 0 aliphatic heterocycles. The number of fused-ring (bicyclic) bond motifs is 1. The first-order chi connectivity index (χ1) is 9.63. The van der Waals surface area contributed by atoms with E-state index < -0.39 is 0 Å². The fraction of sp³-hybridized carbons (Fsp3) is 0.667. The Kier molecular flexibility index (Phi) is 5.62. The number of nitrogens with one attached hydrogen (secondary N) is 1. The highest BCUT2D eigenvalue weighted by atomic mass is 16.5. The number of likely N-dealkylation sites (N-methyl/N-ethyl adjacent to an activating group) is 1. The van der Waals surface area contributed by atoms with Crippen molar-refractivity contribution in [3.63, 3.8) is 0 Å². The van der Waals surface area contributed by atoms with Gasteiger partial charge >= 0.3 is 0 Å². The summed E-state index contributed by atoms with van der Waals surface area (Å²) >= 11 is 0. The molecule has 2 nitrogen and oxygen atoms in total. The lowest BCUT2D eigenvalue weighted by Gasteiger charge is -2.36. The Hall–Kier alpha value is -0.860. The zero-order chi connectivity index (χ0) is 14.5. The van der Waals surface area contributed by atoms with Gasteiger partial charge in [-0.1, -0.05) is 45.0 Å². The van der Waals surface area contributed by atoms with Crippen LogP contribution in [-0.2, 0) is 4.74 Å². The molecule has 0 heterocycles. The van der Waals surface area contributed by atoms with Crippen LogP contribution in [0.25, 0.3) is 0 Å². The van der Waals surface area contributed by atoms with Crippen LogP contribution in [0.15, 0.2) is 24.3 Å². The third kappa shape index (κ3) is 3.62. The monoisotopic (exact) mass is 275 g/mol. The van der Waals surface area contributed by atoms with E-state index in [1.54, 1.807) is 0 Å². The van der Waals surface area contributed by atoms with Gasteiger partial charge in [-0.3, -0.25) is 0 Å². The van der Waals surface area contributed by atoms with Gasteiger partial charge in [0.05, 0.1) is 12.1 Å². The van der Waals surface area contributed by atoms with Crippen molar-refractivity contribution in [2.75, 3.05) is 13.7 Å². The second-order valence-electron chi connectivity index (χ2n) is 6.48. The summed E-state index contributed by atoms with van der Waals surface area (Å²) in [6.45, 7) is 7.75. The normalized spacial score (nSPS) is 25.8. The predicted octanol–water partition coefficient (Wildman–Crippen LogP) is 4.28. The first-order valence-electron chi connectivity index (χ1n) is 8.01. The van der Waals surface area contributed by atoms with Gasteiger partial charge < -0.3 is 10.1 Å². The van der Waals surface area contributed by atoms with Crippen LogP contribution in [0.1, 0.15) is 63.1 Å². The highest BCUT2D eigenvalue weighted by Gasteiger charge is 2.32. The Morgan fingerprint density at radius 1 is 1.25 bits per heavy atom. The van der Waals surface area contributed by atoms with Gasteiger partial charge in [-0.05, 0) is 49.3 Å². The van der Waals surface area contributed by atoms with Crippen molar-refractivity contribution >= 4 is 0 Å². The SMILES string of the molecule is CNC1c2ccccc2C(C)CC1OCCCC(C)C. The van der Waals surface area contributed by atoms with Crippen molar-refractivity contribution in [2.45, 2.75) is 58.1 Å². The molecule has 112 valence electrons. The summed E-state index contributed by atoms with van der Waals surface area (Å²) in [5, 5.41) is 3.46. The number of hydrogen-bond acceptors (Lipinski definition) is 2. The van der Waals surface area contributed by atoms with Gasteiger partial charge in [0.2, 0.25) is 0 Å². The Morgan fingerprint density at radius 2 is 1.95 bits per heavy atom. The number of rotatable bonds is 6. The van der Waals surface area contributed by atoms with E-state index in [-0.39, 0.29) is 0 Å². The molecule has 0 bridgehead atoms. The first kappa shape index (κ1) is 15.5. The summed E-state index contributed by atoms with van der Waals surface area (Å²) in [6, 6.07) is 9.13. The summed E-state index contributed by atoms with van der Waals surface area (Å²) in [7, 11) is 2.04. The summed E-state index contributed by atoms with van der Waals surface area (Å²) in [5.41, 5.74) is 2.90. The molecule has 0 amide bonds. The molecule has 3 atom stereocenters. The molecule has 1 aliphatic rings. The maximum Gasteiger partial charge on any atom is 0.0775 e. The molecule has 1 N–H and O–H groups in total. The van der Waals surface area contributed by atoms with E-state index in [1.807, 2.05) is 7.05 Å². The lowest BCUT2D eigenvalue weighted by Crippen LogP contribution is -2.37. The largest absolute Gasteiger partial charge is 0.376 e. The number of hydrogen-bond donors (Lipinski definition) is 1. The quantitative estimate of drug-likeness (QED) is 0.783. The highest BCUT2D eigenvalue weighted by Crippen LogP contribution is 2.38. The lowest BCUT2D eigenvalue weighted by atomic mass is 9.79. The summed E-state index contributed by atoms with van der Waals surface area (Å²) < 4.78 is 6.20. The van der Waals surface area contributed by atoms with Crippen molar-refractivity contribution in [3.05, 3.63) is 35.4 Å². The molecule has 0 saturated heterocycles. The van der Waals surface area contributed by atoms with E-state index in [9.17, 15) is 0 Å². The van der Waals surface area contributed by atoms with Crippen molar-refractivity contribution in [3.8, 4) is 0 Å². The topological polar surface area (TPSA) is 21.3 Å². The molecule has 3 unspecified atom stereocenters. The fourth-order valence-corrected chi connectivity index (χ4v) is 3.29. The molecule has 2 heteroatoms. The number of ether oxygens (including phenoxy) is 1. The Morgan fingerprint density at radius 3 is 2.60 bits per heavy atom. The second kappa shape index (κ2) is 7.24. The van der Waals surface area contributed by atoms with Gasteiger partial charge in [-0.15, -0.1) is 0 Å². The van der Waals surface area contributed by atoms with E-state index in [4.69, 9.17) is 4.74 Å². The van der Waals surface area contributed by atoms with Gasteiger partial charge in [0, 0.05) is 6.61 Å². The Bertz CT molecular complexity index is 416. The molecule has 0 radical (unpaired) electrons. The van der Waals surface area contributed by atoms with Gasteiger partial charge in [-0.25, -0.2) is 0 Å². The zero-order valence-electron chi connectivity index (χ0n) is 13.4. The Balaban J connectivity index is 2.00. The molecular formula is C18H29NO. The Labute approximate surface area is 123 Å². The van der Waals surface area contributed by atoms with Crippen LogP contribution in [0.2, 0.25) is 0 Å². The highest BCUT2D eigenvalue weighted by molar-refractivity contribution is 5.36. The molecule has 0 spiro atoms.